The molecule has 1 rings (SSSR count). The molecule has 106 valence electrons. The van der Waals surface area contributed by atoms with Crippen molar-refractivity contribution in [3.05, 3.63) is 12.2 Å². The average molecular weight is 253 g/mol. The number of nitrogens with one attached hydrogen (secondary N) is 1. The first-order chi connectivity index (χ1) is 8.55. The van der Waals surface area contributed by atoms with Crippen LogP contribution in [0.1, 0.15) is 47.0 Å². The predicted molar refractivity (Wildman–Crippen MR) is 78.8 cm³/mol. The Balaban J connectivity index is 2.17. The van der Waals surface area contributed by atoms with Crippen molar-refractivity contribution in [3.8, 4) is 0 Å². The van der Waals surface area contributed by atoms with E-state index in [4.69, 9.17) is 4.74 Å². The summed E-state index contributed by atoms with van der Waals surface area (Å²) < 4.78 is 5.97. The zero-order valence-electron chi connectivity index (χ0n) is 12.7. The molecule has 0 heterocycles. The average Bonchev–Trinajstić information content (AvgIpc) is 2.32. The maximum absolute atomic E-state index is 5.97. The standard InChI is InChI=1S/C16H31NO/c1-5-10-17-12-16(3,4)13-18-11-15-9-7-6-8-14(15)2/h6-7,14-15,17H,5,8-13H2,1-4H3. The molecule has 1 aliphatic carbocycles. The van der Waals surface area contributed by atoms with Gasteiger partial charge < -0.3 is 10.1 Å². The van der Waals surface area contributed by atoms with Gasteiger partial charge in [0, 0.05) is 18.6 Å². The smallest absolute Gasteiger partial charge is 0.0529 e. The molecule has 0 aromatic rings. The largest absolute Gasteiger partial charge is 0.381 e. The SMILES string of the molecule is CCCNCC(C)(C)COCC1CC=CCC1C. The van der Waals surface area contributed by atoms with Gasteiger partial charge in [-0.25, -0.2) is 0 Å². The van der Waals surface area contributed by atoms with Crippen molar-refractivity contribution >= 4 is 0 Å². The molecule has 18 heavy (non-hydrogen) atoms. The second-order valence-electron chi connectivity index (χ2n) is 6.54. The molecule has 0 saturated heterocycles. The monoisotopic (exact) mass is 253 g/mol. The van der Waals surface area contributed by atoms with Crippen LogP contribution in [0.15, 0.2) is 12.2 Å². The number of rotatable bonds is 8. The summed E-state index contributed by atoms with van der Waals surface area (Å²) in [5.41, 5.74) is 0.239. The van der Waals surface area contributed by atoms with Crippen LogP contribution in [0.4, 0.5) is 0 Å². The molecule has 2 heteroatoms. The Morgan fingerprint density at radius 3 is 2.67 bits per heavy atom. The van der Waals surface area contributed by atoms with E-state index in [0.717, 1.165) is 38.1 Å². The third-order valence-corrected chi connectivity index (χ3v) is 3.77. The van der Waals surface area contributed by atoms with Crippen LogP contribution in [0.5, 0.6) is 0 Å². The number of hydrogen-bond donors (Lipinski definition) is 1. The van der Waals surface area contributed by atoms with Gasteiger partial charge in [-0.3, -0.25) is 0 Å². The zero-order chi connectivity index (χ0) is 13.4. The number of ether oxygens (including phenoxy) is 1. The summed E-state index contributed by atoms with van der Waals surface area (Å²) in [4.78, 5) is 0. The normalized spacial score (nSPS) is 24.4. The third kappa shape index (κ3) is 6.01. The first-order valence-corrected chi connectivity index (χ1v) is 7.48. The van der Waals surface area contributed by atoms with Crippen molar-refractivity contribution < 1.29 is 4.74 Å². The van der Waals surface area contributed by atoms with E-state index in [9.17, 15) is 0 Å². The molecular weight excluding hydrogens is 222 g/mol. The van der Waals surface area contributed by atoms with Crippen molar-refractivity contribution in [1.82, 2.24) is 5.32 Å². The van der Waals surface area contributed by atoms with Gasteiger partial charge in [-0.15, -0.1) is 0 Å². The molecule has 0 amide bonds. The van der Waals surface area contributed by atoms with E-state index in [1.54, 1.807) is 0 Å². The van der Waals surface area contributed by atoms with Gasteiger partial charge in [0.05, 0.1) is 6.61 Å². The summed E-state index contributed by atoms with van der Waals surface area (Å²) in [6.07, 6.45) is 8.22. The van der Waals surface area contributed by atoms with Crippen LogP contribution < -0.4 is 5.32 Å². The molecule has 0 bridgehead atoms. The van der Waals surface area contributed by atoms with Crippen molar-refractivity contribution in [2.45, 2.75) is 47.0 Å². The lowest BCUT2D eigenvalue weighted by atomic mass is 9.85. The Bertz CT molecular complexity index is 247. The Hall–Kier alpha value is -0.340. The van der Waals surface area contributed by atoms with Crippen LogP contribution in [-0.4, -0.2) is 26.3 Å². The topological polar surface area (TPSA) is 21.3 Å². The van der Waals surface area contributed by atoms with Crippen molar-refractivity contribution in [1.29, 1.82) is 0 Å². The highest BCUT2D eigenvalue weighted by molar-refractivity contribution is 4.93. The van der Waals surface area contributed by atoms with Crippen LogP contribution in [0.3, 0.4) is 0 Å². The highest BCUT2D eigenvalue weighted by Crippen LogP contribution is 2.25. The quantitative estimate of drug-likeness (QED) is 0.527. The van der Waals surface area contributed by atoms with Crippen molar-refractivity contribution in [3.63, 3.8) is 0 Å². The summed E-state index contributed by atoms with van der Waals surface area (Å²) in [7, 11) is 0. The fourth-order valence-electron chi connectivity index (χ4n) is 2.38. The summed E-state index contributed by atoms with van der Waals surface area (Å²) in [6, 6.07) is 0. The van der Waals surface area contributed by atoms with Gasteiger partial charge in [0.15, 0.2) is 0 Å². The molecule has 2 atom stereocenters. The Morgan fingerprint density at radius 1 is 1.28 bits per heavy atom. The third-order valence-electron chi connectivity index (χ3n) is 3.77. The molecule has 1 aliphatic rings. The Morgan fingerprint density at radius 2 is 2.00 bits per heavy atom. The molecule has 0 aromatic heterocycles. The minimum atomic E-state index is 0.239. The number of allylic oxidation sites excluding steroid dienone is 2. The van der Waals surface area contributed by atoms with Crippen LogP contribution in [-0.2, 0) is 4.74 Å². The molecule has 0 saturated carbocycles. The van der Waals surface area contributed by atoms with E-state index in [1.807, 2.05) is 0 Å². The van der Waals surface area contributed by atoms with Crippen LogP contribution in [0.2, 0.25) is 0 Å². The Kier molecular flexibility index (Phi) is 6.95. The lowest BCUT2D eigenvalue weighted by Gasteiger charge is -2.29. The Labute approximate surface area is 113 Å². The fraction of sp³-hybridized carbons (Fsp3) is 0.875. The van der Waals surface area contributed by atoms with Gasteiger partial charge in [0.2, 0.25) is 0 Å². The lowest BCUT2D eigenvalue weighted by Crippen LogP contribution is -2.34. The minimum Gasteiger partial charge on any atom is -0.381 e. The molecule has 0 fully saturated rings. The van der Waals surface area contributed by atoms with Crippen molar-refractivity contribution in [2.24, 2.45) is 17.3 Å². The minimum absolute atomic E-state index is 0.239. The summed E-state index contributed by atoms with van der Waals surface area (Å²) in [6.45, 7) is 13.0. The molecular formula is C16H31NO. The molecule has 2 nitrogen and oxygen atoms in total. The molecule has 0 aliphatic heterocycles. The molecule has 0 spiro atoms. The molecule has 0 aromatic carbocycles. The maximum Gasteiger partial charge on any atom is 0.0529 e. The molecule has 0 radical (unpaired) electrons. The van der Waals surface area contributed by atoms with Gasteiger partial charge in [-0.1, -0.05) is 39.8 Å². The van der Waals surface area contributed by atoms with Gasteiger partial charge in [0.25, 0.3) is 0 Å². The van der Waals surface area contributed by atoms with Gasteiger partial charge in [0.1, 0.15) is 0 Å². The number of hydrogen-bond acceptors (Lipinski definition) is 2. The van der Waals surface area contributed by atoms with E-state index < -0.39 is 0 Å². The van der Waals surface area contributed by atoms with Crippen molar-refractivity contribution in [2.75, 3.05) is 26.3 Å². The first-order valence-electron chi connectivity index (χ1n) is 7.48. The lowest BCUT2D eigenvalue weighted by molar-refractivity contribution is 0.0283. The first kappa shape index (κ1) is 15.7. The highest BCUT2D eigenvalue weighted by Gasteiger charge is 2.21. The second kappa shape index (κ2) is 7.96. The van der Waals surface area contributed by atoms with Crippen LogP contribution in [0, 0.1) is 17.3 Å². The van der Waals surface area contributed by atoms with Crippen LogP contribution >= 0.6 is 0 Å². The van der Waals surface area contributed by atoms with E-state index >= 15 is 0 Å². The van der Waals surface area contributed by atoms with E-state index in [-0.39, 0.29) is 5.41 Å². The van der Waals surface area contributed by atoms with Gasteiger partial charge in [-0.2, -0.15) is 0 Å². The summed E-state index contributed by atoms with van der Waals surface area (Å²) in [5.74, 6) is 1.49. The maximum atomic E-state index is 5.97. The fourth-order valence-corrected chi connectivity index (χ4v) is 2.38. The van der Waals surface area contributed by atoms with Gasteiger partial charge >= 0.3 is 0 Å². The summed E-state index contributed by atoms with van der Waals surface area (Å²) in [5, 5.41) is 3.48. The van der Waals surface area contributed by atoms with E-state index in [0.29, 0.717) is 0 Å². The predicted octanol–water partition coefficient (Wildman–Crippen LogP) is 3.63. The van der Waals surface area contributed by atoms with Crippen LogP contribution in [0.25, 0.3) is 0 Å². The van der Waals surface area contributed by atoms with E-state index in [2.05, 4.69) is 45.2 Å². The highest BCUT2D eigenvalue weighted by atomic mass is 16.5. The van der Waals surface area contributed by atoms with E-state index in [1.165, 1.54) is 19.3 Å². The second-order valence-corrected chi connectivity index (χ2v) is 6.54. The molecule has 2 unspecified atom stereocenters. The summed E-state index contributed by atoms with van der Waals surface area (Å²) >= 11 is 0. The molecule has 1 N–H and O–H groups in total. The van der Waals surface area contributed by atoms with Gasteiger partial charge in [-0.05, 0) is 37.6 Å². The zero-order valence-corrected chi connectivity index (χ0v) is 12.7.